The van der Waals surface area contributed by atoms with E-state index in [0.29, 0.717) is 5.56 Å². The van der Waals surface area contributed by atoms with E-state index in [9.17, 15) is 4.79 Å². The number of nitriles is 1. The molecule has 1 N–H and O–H groups in total. The van der Waals surface area contributed by atoms with Crippen molar-refractivity contribution in [2.75, 3.05) is 25.0 Å². The van der Waals surface area contributed by atoms with Crippen molar-refractivity contribution in [3.8, 4) is 6.07 Å². The van der Waals surface area contributed by atoms with Crippen LogP contribution in [0.1, 0.15) is 56.7 Å². The van der Waals surface area contributed by atoms with Crippen molar-refractivity contribution in [2.45, 2.75) is 59.4 Å². The Kier molecular flexibility index (Phi) is 7.80. The molecule has 1 aliphatic carbocycles. The van der Waals surface area contributed by atoms with Crippen molar-refractivity contribution < 1.29 is 42.0 Å². The largest absolute Gasteiger partial charge is 0.320 e. The maximum absolute atomic E-state index is 13.3. The van der Waals surface area contributed by atoms with Gasteiger partial charge < -0.3 is 9.80 Å². The molecule has 2 rings (SSSR count). The van der Waals surface area contributed by atoms with Gasteiger partial charge in [0.05, 0.1) is 31.3 Å². The van der Waals surface area contributed by atoms with Gasteiger partial charge in [-0.25, -0.2) is 0 Å². The molecule has 25 heavy (non-hydrogen) atoms. The van der Waals surface area contributed by atoms with E-state index in [1.54, 1.807) is 0 Å². The summed E-state index contributed by atoms with van der Waals surface area (Å²) in [6, 6.07) is 5.87. The molecule has 1 aromatic rings. The van der Waals surface area contributed by atoms with Crippen LogP contribution in [0.5, 0.6) is 0 Å². The molecule has 0 heterocycles. The third-order valence-electron chi connectivity index (χ3n) is 6.23. The maximum Gasteiger partial charge on any atom is 0.285 e. The molecule has 1 aromatic carbocycles. The SMILES string of the molecule is CC[N+](CC)(CC)C1(C(=O)Nc2c(C)cc(C#N)cc2C)CCC1.[Y]. The van der Waals surface area contributed by atoms with Gasteiger partial charge in [0.15, 0.2) is 5.54 Å². The Balaban J connectivity index is 0.00000312. The second-order valence-corrected chi connectivity index (χ2v) is 7.03. The van der Waals surface area contributed by atoms with E-state index >= 15 is 0 Å². The van der Waals surface area contributed by atoms with Crippen LogP contribution < -0.4 is 5.32 Å². The van der Waals surface area contributed by atoms with E-state index in [1.807, 2.05) is 26.0 Å². The second kappa shape index (κ2) is 8.76. The zero-order chi connectivity index (χ0) is 18.0. The van der Waals surface area contributed by atoms with Gasteiger partial charge in [-0.2, -0.15) is 5.26 Å². The predicted molar refractivity (Wildman–Crippen MR) is 97.7 cm³/mol. The number of likely N-dealkylation sites (N-methyl/N-ethyl adjacent to an activating group) is 1. The summed E-state index contributed by atoms with van der Waals surface area (Å²) in [6.45, 7) is 13.4. The number of benzene rings is 1. The van der Waals surface area contributed by atoms with Gasteiger partial charge in [-0.3, -0.25) is 4.79 Å². The summed E-state index contributed by atoms with van der Waals surface area (Å²) in [6.07, 6.45) is 3.05. The molecule has 133 valence electrons. The molecule has 1 saturated carbocycles. The first-order valence-electron chi connectivity index (χ1n) is 9.08. The van der Waals surface area contributed by atoms with Crippen LogP contribution >= 0.6 is 0 Å². The van der Waals surface area contributed by atoms with Crippen LogP contribution in [0.15, 0.2) is 12.1 Å². The Morgan fingerprint density at radius 1 is 1.16 bits per heavy atom. The third-order valence-corrected chi connectivity index (χ3v) is 6.23. The Hall–Kier alpha value is -0.756. The normalized spacial score (nSPS) is 15.5. The van der Waals surface area contributed by atoms with E-state index in [2.05, 4.69) is 32.2 Å². The standard InChI is InChI=1S/C20H29N3O.Y/c1-6-23(7-2,8-3)20(10-9-11-20)19(24)22-18-15(4)12-17(14-21)13-16(18)5;/h12-13H,6-11H2,1-5H3;/p+1. The maximum atomic E-state index is 13.3. The molecule has 0 unspecified atom stereocenters. The number of carbonyl (C=O) groups excluding carboxylic acids is 1. The van der Waals surface area contributed by atoms with Crippen LogP contribution in [0.25, 0.3) is 0 Å². The van der Waals surface area contributed by atoms with E-state index in [4.69, 9.17) is 5.26 Å². The van der Waals surface area contributed by atoms with Crippen molar-refractivity contribution in [2.24, 2.45) is 0 Å². The van der Waals surface area contributed by atoms with Gasteiger partial charge in [0.1, 0.15) is 0 Å². The number of rotatable bonds is 6. The number of hydrogen-bond donors (Lipinski definition) is 1. The summed E-state index contributed by atoms with van der Waals surface area (Å²) >= 11 is 0. The first kappa shape index (κ1) is 22.3. The van der Waals surface area contributed by atoms with Gasteiger partial charge in [-0.05, 0) is 64.3 Å². The zero-order valence-corrected chi connectivity index (χ0v) is 19.1. The molecule has 4 nitrogen and oxygen atoms in total. The van der Waals surface area contributed by atoms with Gasteiger partial charge in [0.25, 0.3) is 5.91 Å². The molecule has 1 radical (unpaired) electrons. The Morgan fingerprint density at radius 3 is 1.96 bits per heavy atom. The molecule has 0 spiro atoms. The molecule has 1 amide bonds. The summed E-state index contributed by atoms with van der Waals surface area (Å²) in [5.74, 6) is 0.148. The summed E-state index contributed by atoms with van der Waals surface area (Å²) in [4.78, 5) is 13.3. The number of hydrogen-bond acceptors (Lipinski definition) is 2. The average Bonchev–Trinajstić information content (AvgIpc) is 2.53. The van der Waals surface area contributed by atoms with Gasteiger partial charge in [0.2, 0.25) is 0 Å². The van der Waals surface area contributed by atoms with Gasteiger partial charge in [-0.15, -0.1) is 0 Å². The van der Waals surface area contributed by atoms with Crippen molar-refractivity contribution in [3.05, 3.63) is 28.8 Å². The smallest absolute Gasteiger partial charge is 0.285 e. The molecule has 0 bridgehead atoms. The number of carbonyl (C=O) groups is 1. The van der Waals surface area contributed by atoms with E-state index in [0.717, 1.165) is 60.2 Å². The number of amides is 1. The van der Waals surface area contributed by atoms with Gasteiger partial charge >= 0.3 is 0 Å². The topological polar surface area (TPSA) is 52.9 Å². The van der Waals surface area contributed by atoms with E-state index < -0.39 is 0 Å². The molecule has 5 heteroatoms. The predicted octanol–water partition coefficient (Wildman–Crippen LogP) is 3.91. The van der Waals surface area contributed by atoms with Crippen molar-refractivity contribution in [1.29, 1.82) is 5.26 Å². The number of anilines is 1. The molecular weight excluding hydrogens is 387 g/mol. The number of nitrogens with zero attached hydrogens (tertiary/aromatic N) is 2. The fourth-order valence-corrected chi connectivity index (χ4v) is 4.46. The van der Waals surface area contributed by atoms with E-state index in [1.165, 1.54) is 0 Å². The quantitative estimate of drug-likeness (QED) is 0.714. The van der Waals surface area contributed by atoms with Crippen LogP contribution in [-0.2, 0) is 37.5 Å². The van der Waals surface area contributed by atoms with Crippen molar-refractivity contribution in [3.63, 3.8) is 0 Å². The number of aryl methyl sites for hydroxylation is 2. The van der Waals surface area contributed by atoms with Crippen LogP contribution in [0.3, 0.4) is 0 Å². The Labute approximate surface area is 177 Å². The van der Waals surface area contributed by atoms with Crippen LogP contribution in [0.2, 0.25) is 0 Å². The summed E-state index contributed by atoms with van der Waals surface area (Å²) < 4.78 is 0.854. The van der Waals surface area contributed by atoms with Crippen molar-refractivity contribution >= 4 is 11.6 Å². The minimum Gasteiger partial charge on any atom is -0.320 e. The first-order valence-corrected chi connectivity index (χ1v) is 9.08. The average molecular weight is 417 g/mol. The molecule has 1 aliphatic rings. The first-order chi connectivity index (χ1) is 11.4. The summed E-state index contributed by atoms with van der Waals surface area (Å²) in [5.41, 5.74) is 3.12. The van der Waals surface area contributed by atoms with E-state index in [-0.39, 0.29) is 44.2 Å². The number of quaternary nitrogens is 1. The van der Waals surface area contributed by atoms with Crippen LogP contribution in [0, 0.1) is 25.2 Å². The molecule has 0 atom stereocenters. The second-order valence-electron chi connectivity index (χ2n) is 7.03. The minimum atomic E-state index is -0.301. The fraction of sp³-hybridized carbons (Fsp3) is 0.600. The monoisotopic (exact) mass is 417 g/mol. The fourth-order valence-electron chi connectivity index (χ4n) is 4.46. The van der Waals surface area contributed by atoms with Crippen LogP contribution in [0.4, 0.5) is 5.69 Å². The van der Waals surface area contributed by atoms with Gasteiger partial charge in [0, 0.05) is 51.2 Å². The minimum absolute atomic E-state index is 0. The molecule has 0 saturated heterocycles. The molecule has 1 fully saturated rings. The summed E-state index contributed by atoms with van der Waals surface area (Å²) in [5, 5.41) is 12.3. The molecule has 0 aliphatic heterocycles. The van der Waals surface area contributed by atoms with Gasteiger partial charge in [-0.1, -0.05) is 0 Å². The Bertz CT molecular complexity index is 639. The summed E-state index contributed by atoms with van der Waals surface area (Å²) in [7, 11) is 0. The molecular formula is C20H30N3OY+. The zero-order valence-electron chi connectivity index (χ0n) is 16.3. The number of nitrogens with one attached hydrogen (secondary N) is 1. The third kappa shape index (κ3) is 3.70. The molecule has 0 aromatic heterocycles. The van der Waals surface area contributed by atoms with Crippen molar-refractivity contribution in [1.82, 2.24) is 0 Å². The van der Waals surface area contributed by atoms with Crippen LogP contribution in [-0.4, -0.2) is 35.6 Å². The Morgan fingerprint density at radius 2 is 1.64 bits per heavy atom.